The summed E-state index contributed by atoms with van der Waals surface area (Å²) in [6.45, 7) is 5.58. The first-order valence-electron chi connectivity index (χ1n) is 4.20. The van der Waals surface area contributed by atoms with Crippen LogP contribution >= 0.6 is 0 Å². The van der Waals surface area contributed by atoms with Gasteiger partial charge in [-0.1, -0.05) is 0 Å². The van der Waals surface area contributed by atoms with Gasteiger partial charge < -0.3 is 9.47 Å². The SMILES string of the molecule is [CH]1COCC1N1CCOCC1. The van der Waals surface area contributed by atoms with Gasteiger partial charge in [-0.25, -0.2) is 0 Å². The zero-order chi connectivity index (χ0) is 7.52. The summed E-state index contributed by atoms with van der Waals surface area (Å²) in [6.07, 6.45) is 2.24. The van der Waals surface area contributed by atoms with Crippen molar-refractivity contribution >= 4 is 0 Å². The highest BCUT2D eigenvalue weighted by molar-refractivity contribution is 4.90. The van der Waals surface area contributed by atoms with Crippen molar-refractivity contribution in [2.75, 3.05) is 39.5 Å². The van der Waals surface area contributed by atoms with E-state index >= 15 is 0 Å². The minimum absolute atomic E-state index is 0.555. The van der Waals surface area contributed by atoms with Crippen LogP contribution in [-0.4, -0.2) is 50.5 Å². The number of rotatable bonds is 1. The van der Waals surface area contributed by atoms with E-state index in [1.54, 1.807) is 0 Å². The molecule has 1 atom stereocenters. The Morgan fingerprint density at radius 1 is 1.18 bits per heavy atom. The topological polar surface area (TPSA) is 21.7 Å². The van der Waals surface area contributed by atoms with Crippen LogP contribution in [0.25, 0.3) is 0 Å². The lowest BCUT2D eigenvalue weighted by molar-refractivity contribution is 0.0180. The molecule has 0 amide bonds. The molecular weight excluding hydrogens is 142 g/mol. The van der Waals surface area contributed by atoms with E-state index in [0.29, 0.717) is 6.04 Å². The van der Waals surface area contributed by atoms with Crippen molar-refractivity contribution in [2.24, 2.45) is 0 Å². The van der Waals surface area contributed by atoms with E-state index in [4.69, 9.17) is 9.47 Å². The van der Waals surface area contributed by atoms with Gasteiger partial charge in [-0.05, 0) is 0 Å². The minimum atomic E-state index is 0.555. The molecular formula is C8H14NO2. The summed E-state index contributed by atoms with van der Waals surface area (Å²) in [4.78, 5) is 2.43. The highest BCUT2D eigenvalue weighted by atomic mass is 16.5. The monoisotopic (exact) mass is 156 g/mol. The maximum atomic E-state index is 5.27. The van der Waals surface area contributed by atoms with Crippen LogP contribution in [-0.2, 0) is 9.47 Å². The highest BCUT2D eigenvalue weighted by Gasteiger charge is 2.24. The van der Waals surface area contributed by atoms with Gasteiger partial charge in [0.25, 0.3) is 0 Å². The Morgan fingerprint density at radius 2 is 2.00 bits per heavy atom. The van der Waals surface area contributed by atoms with Gasteiger partial charge in [0.2, 0.25) is 0 Å². The van der Waals surface area contributed by atoms with E-state index in [-0.39, 0.29) is 0 Å². The van der Waals surface area contributed by atoms with Crippen molar-refractivity contribution in [1.82, 2.24) is 4.90 Å². The Balaban J connectivity index is 1.82. The van der Waals surface area contributed by atoms with Gasteiger partial charge in [-0.3, -0.25) is 4.90 Å². The zero-order valence-corrected chi connectivity index (χ0v) is 6.66. The van der Waals surface area contributed by atoms with Crippen LogP contribution in [0.4, 0.5) is 0 Å². The van der Waals surface area contributed by atoms with Gasteiger partial charge in [0.1, 0.15) is 0 Å². The Hall–Kier alpha value is -0.120. The van der Waals surface area contributed by atoms with Crippen molar-refractivity contribution in [3.05, 3.63) is 6.42 Å². The van der Waals surface area contributed by atoms with Crippen molar-refractivity contribution in [3.63, 3.8) is 0 Å². The predicted octanol–water partition coefficient (Wildman–Crippen LogP) is -0.0783. The third-order valence-corrected chi connectivity index (χ3v) is 2.29. The highest BCUT2D eigenvalue weighted by Crippen LogP contribution is 2.12. The number of hydrogen-bond donors (Lipinski definition) is 0. The maximum Gasteiger partial charge on any atom is 0.0625 e. The van der Waals surface area contributed by atoms with Gasteiger partial charge in [0, 0.05) is 25.6 Å². The van der Waals surface area contributed by atoms with Crippen molar-refractivity contribution < 1.29 is 9.47 Å². The summed E-state index contributed by atoms with van der Waals surface area (Å²) in [6, 6.07) is 0.555. The van der Waals surface area contributed by atoms with Crippen LogP contribution in [0.1, 0.15) is 0 Å². The molecule has 3 nitrogen and oxygen atoms in total. The molecule has 0 N–H and O–H groups in total. The van der Waals surface area contributed by atoms with Crippen LogP contribution in [0.15, 0.2) is 0 Å². The Labute approximate surface area is 67.3 Å². The fourth-order valence-electron chi connectivity index (χ4n) is 1.60. The quantitative estimate of drug-likeness (QED) is 0.530. The molecule has 0 bridgehead atoms. The first-order chi connectivity index (χ1) is 5.47. The number of hydrogen-bond acceptors (Lipinski definition) is 3. The molecule has 2 aliphatic rings. The van der Waals surface area contributed by atoms with Crippen LogP contribution in [0.2, 0.25) is 0 Å². The van der Waals surface area contributed by atoms with Crippen LogP contribution in [0.5, 0.6) is 0 Å². The van der Waals surface area contributed by atoms with E-state index in [2.05, 4.69) is 11.3 Å². The first kappa shape index (κ1) is 7.53. The molecule has 2 rings (SSSR count). The summed E-state index contributed by atoms with van der Waals surface area (Å²) in [5, 5.41) is 0. The molecule has 0 spiro atoms. The molecule has 2 aliphatic heterocycles. The van der Waals surface area contributed by atoms with E-state index in [9.17, 15) is 0 Å². The van der Waals surface area contributed by atoms with E-state index < -0.39 is 0 Å². The van der Waals surface area contributed by atoms with Crippen LogP contribution < -0.4 is 0 Å². The third-order valence-electron chi connectivity index (χ3n) is 2.29. The summed E-state index contributed by atoms with van der Waals surface area (Å²) in [5.41, 5.74) is 0. The number of ether oxygens (including phenoxy) is 2. The van der Waals surface area contributed by atoms with Crippen molar-refractivity contribution in [2.45, 2.75) is 6.04 Å². The lowest BCUT2D eigenvalue weighted by Gasteiger charge is -2.30. The summed E-state index contributed by atoms with van der Waals surface area (Å²) in [7, 11) is 0. The van der Waals surface area contributed by atoms with Gasteiger partial charge in [0.15, 0.2) is 0 Å². The largest absolute Gasteiger partial charge is 0.379 e. The maximum absolute atomic E-state index is 5.27. The number of morpholine rings is 1. The van der Waals surface area contributed by atoms with Gasteiger partial charge in [-0.15, -0.1) is 0 Å². The smallest absolute Gasteiger partial charge is 0.0625 e. The molecule has 1 radical (unpaired) electrons. The predicted molar refractivity (Wildman–Crippen MR) is 41.3 cm³/mol. The molecule has 0 aromatic heterocycles. The molecule has 2 heterocycles. The van der Waals surface area contributed by atoms with E-state index in [0.717, 1.165) is 39.5 Å². The molecule has 0 aromatic carbocycles. The third kappa shape index (κ3) is 1.72. The van der Waals surface area contributed by atoms with Gasteiger partial charge in [-0.2, -0.15) is 0 Å². The second kappa shape index (κ2) is 3.52. The second-order valence-electron chi connectivity index (χ2n) is 2.99. The molecule has 2 fully saturated rings. The van der Waals surface area contributed by atoms with Crippen LogP contribution in [0.3, 0.4) is 0 Å². The van der Waals surface area contributed by atoms with Crippen LogP contribution in [0, 0.1) is 6.42 Å². The minimum Gasteiger partial charge on any atom is -0.379 e. The Bertz CT molecular complexity index is 117. The Morgan fingerprint density at radius 3 is 2.64 bits per heavy atom. The molecule has 11 heavy (non-hydrogen) atoms. The van der Waals surface area contributed by atoms with E-state index in [1.807, 2.05) is 0 Å². The van der Waals surface area contributed by atoms with Crippen molar-refractivity contribution in [3.8, 4) is 0 Å². The normalized spacial score (nSPS) is 34.4. The van der Waals surface area contributed by atoms with Gasteiger partial charge in [0.05, 0.1) is 26.4 Å². The lowest BCUT2D eigenvalue weighted by Crippen LogP contribution is -2.43. The average molecular weight is 156 g/mol. The first-order valence-corrected chi connectivity index (χ1v) is 4.20. The molecule has 2 saturated heterocycles. The fraction of sp³-hybridized carbons (Fsp3) is 0.875. The van der Waals surface area contributed by atoms with E-state index in [1.165, 1.54) is 0 Å². The molecule has 3 heteroatoms. The fourth-order valence-corrected chi connectivity index (χ4v) is 1.60. The average Bonchev–Trinajstić information content (AvgIpc) is 2.58. The molecule has 63 valence electrons. The number of nitrogens with zero attached hydrogens (tertiary/aromatic N) is 1. The molecule has 1 unspecified atom stereocenters. The molecule has 0 saturated carbocycles. The summed E-state index contributed by atoms with van der Waals surface area (Å²) >= 11 is 0. The van der Waals surface area contributed by atoms with Crippen molar-refractivity contribution in [1.29, 1.82) is 0 Å². The molecule has 0 aromatic rings. The summed E-state index contributed by atoms with van der Waals surface area (Å²) in [5.74, 6) is 0. The zero-order valence-electron chi connectivity index (χ0n) is 6.66. The standard InChI is InChI=1S/C8H14NO2/c1-4-11-7-8(1)9-2-5-10-6-3-9/h1,8H,2-7H2. The van der Waals surface area contributed by atoms with Gasteiger partial charge >= 0.3 is 0 Å². The Kier molecular flexibility index (Phi) is 2.41. The lowest BCUT2D eigenvalue weighted by atomic mass is 10.2. The second-order valence-corrected chi connectivity index (χ2v) is 2.99. The molecule has 0 aliphatic carbocycles. The summed E-state index contributed by atoms with van der Waals surface area (Å²) < 4.78 is 10.5.